The molecule has 1 aliphatic heterocycles. The lowest BCUT2D eigenvalue weighted by atomic mass is 10.2. The molecule has 0 aliphatic carbocycles. The molecule has 0 spiro atoms. The molecule has 2 rings (SSSR count). The summed E-state index contributed by atoms with van der Waals surface area (Å²) in [6, 6.07) is 3.00. The third-order valence-electron chi connectivity index (χ3n) is 2.68. The number of halogens is 1. The molecule has 1 aliphatic rings. The minimum atomic E-state index is -0.358. The Morgan fingerprint density at radius 3 is 3.00 bits per heavy atom. The van der Waals surface area contributed by atoms with Crippen LogP contribution in [0.4, 0.5) is 10.2 Å². The van der Waals surface area contributed by atoms with E-state index in [2.05, 4.69) is 10.3 Å². The van der Waals surface area contributed by atoms with Gasteiger partial charge >= 0.3 is 0 Å². The van der Waals surface area contributed by atoms with Gasteiger partial charge in [0.15, 0.2) is 0 Å². The van der Waals surface area contributed by atoms with Crippen LogP contribution in [0.2, 0.25) is 0 Å². The third kappa shape index (κ3) is 2.29. The number of nitrogens with zero attached hydrogens (tertiary/aromatic N) is 2. The maximum atomic E-state index is 12.6. The number of pyridine rings is 1. The first-order valence-corrected chi connectivity index (χ1v) is 5.35. The first kappa shape index (κ1) is 10.9. The smallest absolute Gasteiger partial charge is 0.224 e. The lowest BCUT2D eigenvalue weighted by molar-refractivity contribution is -0.127. The van der Waals surface area contributed by atoms with E-state index in [1.165, 1.54) is 6.07 Å². The zero-order chi connectivity index (χ0) is 11.5. The molecule has 1 aromatic heterocycles. The van der Waals surface area contributed by atoms with E-state index in [1.54, 1.807) is 11.0 Å². The predicted octanol–water partition coefficient (Wildman–Crippen LogP) is 1.25. The van der Waals surface area contributed by atoms with Crippen molar-refractivity contribution in [2.24, 2.45) is 0 Å². The molecule has 86 valence electrons. The monoisotopic (exact) mass is 223 g/mol. The Labute approximate surface area is 93.5 Å². The van der Waals surface area contributed by atoms with Gasteiger partial charge in [0.1, 0.15) is 11.6 Å². The summed E-state index contributed by atoms with van der Waals surface area (Å²) < 4.78 is 12.6. The summed E-state index contributed by atoms with van der Waals surface area (Å²) >= 11 is 0. The van der Waals surface area contributed by atoms with Crippen molar-refractivity contribution in [3.05, 3.63) is 24.1 Å². The lowest BCUT2D eigenvalue weighted by Crippen LogP contribution is -2.27. The van der Waals surface area contributed by atoms with Crippen LogP contribution in [-0.2, 0) is 4.79 Å². The Kier molecular flexibility index (Phi) is 3.03. The fraction of sp³-hybridized carbons (Fsp3) is 0.455. The summed E-state index contributed by atoms with van der Waals surface area (Å²) in [5.74, 6) is 0.405. The maximum absolute atomic E-state index is 12.6. The van der Waals surface area contributed by atoms with Crippen LogP contribution in [0.3, 0.4) is 0 Å². The second-order valence-corrected chi connectivity index (χ2v) is 3.84. The van der Waals surface area contributed by atoms with Gasteiger partial charge in [-0.3, -0.25) is 4.79 Å². The number of amides is 1. The Bertz CT molecular complexity index is 379. The van der Waals surface area contributed by atoms with Crippen molar-refractivity contribution < 1.29 is 9.18 Å². The molecular formula is C11H14FN3O. The van der Waals surface area contributed by atoms with Crippen LogP contribution in [0.15, 0.2) is 18.3 Å². The molecule has 0 bridgehead atoms. The molecular weight excluding hydrogens is 209 g/mol. The summed E-state index contributed by atoms with van der Waals surface area (Å²) in [6.07, 6.45) is 1.64. The first-order valence-electron chi connectivity index (χ1n) is 5.35. The molecule has 5 heteroatoms. The van der Waals surface area contributed by atoms with Crippen LogP contribution in [-0.4, -0.2) is 34.9 Å². The van der Waals surface area contributed by atoms with Crippen LogP contribution < -0.4 is 5.32 Å². The number of hydrogen-bond acceptors (Lipinski definition) is 3. The van der Waals surface area contributed by atoms with Crippen molar-refractivity contribution in [1.29, 1.82) is 0 Å². The number of hydrogen-bond donors (Lipinski definition) is 1. The number of anilines is 1. The van der Waals surface area contributed by atoms with E-state index in [4.69, 9.17) is 0 Å². The van der Waals surface area contributed by atoms with Gasteiger partial charge in [-0.05, 0) is 19.1 Å². The highest BCUT2D eigenvalue weighted by Gasteiger charge is 2.28. The van der Waals surface area contributed by atoms with E-state index in [0.29, 0.717) is 18.8 Å². The molecule has 1 fully saturated rings. The molecule has 1 unspecified atom stereocenters. The van der Waals surface area contributed by atoms with Crippen LogP contribution >= 0.6 is 0 Å². The van der Waals surface area contributed by atoms with Gasteiger partial charge in [-0.1, -0.05) is 0 Å². The molecule has 1 aromatic rings. The summed E-state index contributed by atoms with van der Waals surface area (Å²) in [7, 11) is 0. The van der Waals surface area contributed by atoms with E-state index < -0.39 is 0 Å². The van der Waals surface area contributed by atoms with E-state index >= 15 is 0 Å². The fourth-order valence-electron chi connectivity index (χ4n) is 1.84. The van der Waals surface area contributed by atoms with Gasteiger partial charge in [-0.15, -0.1) is 0 Å². The molecule has 1 saturated heterocycles. The van der Waals surface area contributed by atoms with E-state index in [-0.39, 0.29) is 17.8 Å². The number of rotatable bonds is 3. The predicted molar refractivity (Wildman–Crippen MR) is 58.5 cm³/mol. The number of carbonyl (C=O) groups is 1. The topological polar surface area (TPSA) is 45.2 Å². The Morgan fingerprint density at radius 1 is 1.62 bits per heavy atom. The van der Waals surface area contributed by atoms with Crippen molar-refractivity contribution in [2.75, 3.05) is 18.4 Å². The molecule has 0 saturated carbocycles. The van der Waals surface area contributed by atoms with Crippen LogP contribution in [0, 0.1) is 5.82 Å². The second-order valence-electron chi connectivity index (χ2n) is 3.84. The summed E-state index contributed by atoms with van der Waals surface area (Å²) in [5.41, 5.74) is 0. The minimum Gasteiger partial charge on any atom is -0.365 e. The fourth-order valence-corrected chi connectivity index (χ4v) is 1.84. The highest BCUT2D eigenvalue weighted by Crippen LogP contribution is 2.15. The number of likely N-dealkylation sites (tertiary alicyclic amines) is 1. The van der Waals surface area contributed by atoms with Crippen molar-refractivity contribution in [2.45, 2.75) is 19.4 Å². The van der Waals surface area contributed by atoms with E-state index in [0.717, 1.165) is 12.7 Å². The van der Waals surface area contributed by atoms with Crippen LogP contribution in [0.1, 0.15) is 13.3 Å². The summed E-state index contributed by atoms with van der Waals surface area (Å²) in [4.78, 5) is 17.2. The summed E-state index contributed by atoms with van der Waals surface area (Å²) in [5, 5.41) is 3.12. The molecule has 2 heterocycles. The quantitative estimate of drug-likeness (QED) is 0.839. The zero-order valence-corrected chi connectivity index (χ0v) is 9.11. The van der Waals surface area contributed by atoms with Gasteiger partial charge in [0.05, 0.1) is 12.2 Å². The molecule has 1 N–H and O–H groups in total. The van der Waals surface area contributed by atoms with Crippen LogP contribution in [0.5, 0.6) is 0 Å². The molecule has 0 radical (unpaired) electrons. The van der Waals surface area contributed by atoms with Gasteiger partial charge in [0.25, 0.3) is 0 Å². The Morgan fingerprint density at radius 2 is 2.44 bits per heavy atom. The number of likely N-dealkylation sites (N-methyl/N-ethyl adjacent to an activating group) is 1. The largest absolute Gasteiger partial charge is 0.365 e. The first-order chi connectivity index (χ1) is 7.69. The number of aromatic nitrogens is 1. The van der Waals surface area contributed by atoms with Crippen LogP contribution in [0.25, 0.3) is 0 Å². The number of carbonyl (C=O) groups excluding carboxylic acids is 1. The van der Waals surface area contributed by atoms with E-state index in [1.807, 2.05) is 6.92 Å². The zero-order valence-electron chi connectivity index (χ0n) is 9.11. The SMILES string of the molecule is CCN1CC(Nc2ccc(F)cn2)CC1=O. The highest BCUT2D eigenvalue weighted by atomic mass is 19.1. The highest BCUT2D eigenvalue weighted by molar-refractivity contribution is 5.79. The van der Waals surface area contributed by atoms with Gasteiger partial charge in [-0.25, -0.2) is 9.37 Å². The lowest BCUT2D eigenvalue weighted by Gasteiger charge is -2.14. The molecule has 4 nitrogen and oxygen atoms in total. The van der Waals surface area contributed by atoms with Crippen molar-refractivity contribution in [1.82, 2.24) is 9.88 Å². The number of nitrogens with one attached hydrogen (secondary N) is 1. The van der Waals surface area contributed by atoms with Gasteiger partial charge in [0.2, 0.25) is 5.91 Å². The van der Waals surface area contributed by atoms with Crippen molar-refractivity contribution in [3.63, 3.8) is 0 Å². The standard InChI is InChI=1S/C11H14FN3O/c1-2-15-7-9(5-11(15)16)14-10-4-3-8(12)6-13-10/h3-4,6,9H,2,5,7H2,1H3,(H,13,14). The van der Waals surface area contributed by atoms with Crippen molar-refractivity contribution >= 4 is 11.7 Å². The van der Waals surface area contributed by atoms with Crippen molar-refractivity contribution in [3.8, 4) is 0 Å². The average Bonchev–Trinajstić information content (AvgIpc) is 2.62. The normalized spacial score (nSPS) is 20.2. The van der Waals surface area contributed by atoms with E-state index in [9.17, 15) is 9.18 Å². The molecule has 1 amide bonds. The Balaban J connectivity index is 1.96. The molecule has 0 aromatic carbocycles. The molecule has 1 atom stereocenters. The maximum Gasteiger partial charge on any atom is 0.224 e. The second kappa shape index (κ2) is 4.47. The minimum absolute atomic E-state index is 0.0745. The average molecular weight is 223 g/mol. The third-order valence-corrected chi connectivity index (χ3v) is 2.68. The van der Waals surface area contributed by atoms with Gasteiger partial charge in [0, 0.05) is 19.5 Å². The van der Waals surface area contributed by atoms with Gasteiger partial charge in [-0.2, -0.15) is 0 Å². The summed E-state index contributed by atoms with van der Waals surface area (Å²) in [6.45, 7) is 3.37. The Hall–Kier alpha value is -1.65. The molecule has 16 heavy (non-hydrogen) atoms. The van der Waals surface area contributed by atoms with Gasteiger partial charge < -0.3 is 10.2 Å².